The van der Waals surface area contributed by atoms with Gasteiger partial charge in [0.1, 0.15) is 11.7 Å². The summed E-state index contributed by atoms with van der Waals surface area (Å²) in [6, 6.07) is 0. The maximum absolute atomic E-state index is 5.60. The van der Waals surface area contributed by atoms with Gasteiger partial charge in [0, 0.05) is 0 Å². The molecule has 2 fully saturated rings. The van der Waals surface area contributed by atoms with Crippen molar-refractivity contribution in [3.63, 3.8) is 0 Å². The Labute approximate surface area is 74.2 Å². The molecule has 70 valence electrons. The third-order valence-corrected chi connectivity index (χ3v) is 2.98. The normalized spacial score (nSPS) is 38.2. The van der Waals surface area contributed by atoms with Gasteiger partial charge in [-0.1, -0.05) is 32.6 Å². The van der Waals surface area contributed by atoms with Crippen molar-refractivity contribution in [1.29, 1.82) is 0 Å². The Bertz CT molecular complexity index is 158. The van der Waals surface area contributed by atoms with E-state index < -0.39 is 0 Å². The molecular weight excluding hydrogens is 152 g/mol. The lowest BCUT2D eigenvalue weighted by Crippen LogP contribution is -2.14. The topological polar surface area (TPSA) is 21.8 Å². The minimum atomic E-state index is 0.188. The highest BCUT2D eigenvalue weighted by atomic mass is 16.7. The van der Waals surface area contributed by atoms with E-state index in [2.05, 4.69) is 6.92 Å². The largest absolute Gasteiger partial charge is 0.376 e. The summed E-state index contributed by atoms with van der Waals surface area (Å²) in [4.78, 5) is 0. The van der Waals surface area contributed by atoms with Crippen molar-refractivity contribution in [3.8, 4) is 0 Å². The molecule has 0 N–H and O–H groups in total. The Morgan fingerprint density at radius 2 is 2.25 bits per heavy atom. The second-order valence-corrected chi connectivity index (χ2v) is 4.00. The van der Waals surface area contributed by atoms with E-state index >= 15 is 0 Å². The van der Waals surface area contributed by atoms with Gasteiger partial charge in [0.15, 0.2) is 0 Å². The molecule has 0 spiro atoms. The average molecular weight is 170 g/mol. The van der Waals surface area contributed by atoms with Crippen LogP contribution in [0.15, 0.2) is 0 Å². The number of ether oxygens (including phenoxy) is 2. The third kappa shape index (κ3) is 1.50. The fourth-order valence-electron chi connectivity index (χ4n) is 2.04. The standard InChI is InChI=1S/C10H18O2/c1-2-3-4-5-6-10-8-11-7-9(10)12-10/h9H,2-8H2,1H3/t9-,10+/m0/s1. The van der Waals surface area contributed by atoms with Gasteiger partial charge in [0.05, 0.1) is 13.2 Å². The molecule has 0 radical (unpaired) electrons. The van der Waals surface area contributed by atoms with Gasteiger partial charge in [-0.15, -0.1) is 0 Å². The maximum atomic E-state index is 5.60. The van der Waals surface area contributed by atoms with Crippen molar-refractivity contribution in [2.75, 3.05) is 13.2 Å². The van der Waals surface area contributed by atoms with Gasteiger partial charge in [-0.3, -0.25) is 0 Å². The van der Waals surface area contributed by atoms with Crippen LogP contribution < -0.4 is 0 Å². The van der Waals surface area contributed by atoms with Crippen LogP contribution in [0.3, 0.4) is 0 Å². The van der Waals surface area contributed by atoms with Gasteiger partial charge < -0.3 is 9.47 Å². The molecule has 2 nitrogen and oxygen atoms in total. The molecule has 2 heteroatoms. The van der Waals surface area contributed by atoms with Gasteiger partial charge in [-0.05, 0) is 6.42 Å². The summed E-state index contributed by atoms with van der Waals surface area (Å²) in [5.41, 5.74) is 0.188. The van der Waals surface area contributed by atoms with Gasteiger partial charge in [-0.2, -0.15) is 0 Å². The molecule has 2 rings (SSSR count). The first kappa shape index (κ1) is 8.52. The molecule has 2 saturated heterocycles. The quantitative estimate of drug-likeness (QED) is 0.465. The highest BCUT2D eigenvalue weighted by molar-refractivity contribution is 5.06. The summed E-state index contributed by atoms with van der Waals surface area (Å²) >= 11 is 0. The Morgan fingerprint density at radius 1 is 1.33 bits per heavy atom. The zero-order chi connectivity index (χ0) is 8.44. The molecule has 12 heavy (non-hydrogen) atoms. The summed E-state index contributed by atoms with van der Waals surface area (Å²) in [6.07, 6.45) is 7.02. The van der Waals surface area contributed by atoms with Crippen molar-refractivity contribution < 1.29 is 9.47 Å². The highest BCUT2D eigenvalue weighted by Crippen LogP contribution is 2.45. The molecular formula is C10H18O2. The van der Waals surface area contributed by atoms with E-state index in [1.54, 1.807) is 0 Å². The minimum absolute atomic E-state index is 0.188. The summed E-state index contributed by atoms with van der Waals surface area (Å²) in [7, 11) is 0. The first-order valence-electron chi connectivity index (χ1n) is 5.13. The Kier molecular flexibility index (Phi) is 2.37. The third-order valence-electron chi connectivity index (χ3n) is 2.98. The number of unbranched alkanes of at least 4 members (excludes halogenated alkanes) is 3. The van der Waals surface area contributed by atoms with Crippen molar-refractivity contribution in [3.05, 3.63) is 0 Å². The van der Waals surface area contributed by atoms with Crippen LogP contribution in [0, 0.1) is 0 Å². The summed E-state index contributed by atoms with van der Waals surface area (Å²) in [6.45, 7) is 3.94. The fourth-order valence-corrected chi connectivity index (χ4v) is 2.04. The number of fused-ring (bicyclic) bond motifs is 1. The van der Waals surface area contributed by atoms with Gasteiger partial charge in [0.25, 0.3) is 0 Å². The molecule has 2 atom stereocenters. The molecule has 0 aromatic rings. The number of hydrogen-bond acceptors (Lipinski definition) is 2. The molecule has 0 aliphatic carbocycles. The van der Waals surface area contributed by atoms with E-state index in [1.807, 2.05) is 0 Å². The minimum Gasteiger partial charge on any atom is -0.376 e. The van der Waals surface area contributed by atoms with Crippen LogP contribution in [0.5, 0.6) is 0 Å². The first-order valence-corrected chi connectivity index (χ1v) is 5.13. The molecule has 2 heterocycles. The first-order chi connectivity index (χ1) is 5.87. The fraction of sp³-hybridized carbons (Fsp3) is 1.00. The lowest BCUT2D eigenvalue weighted by atomic mass is 10.00. The van der Waals surface area contributed by atoms with Crippen LogP contribution in [0.25, 0.3) is 0 Å². The highest BCUT2D eigenvalue weighted by Gasteiger charge is 2.59. The van der Waals surface area contributed by atoms with Crippen molar-refractivity contribution >= 4 is 0 Å². The van der Waals surface area contributed by atoms with E-state index in [9.17, 15) is 0 Å². The molecule has 0 unspecified atom stereocenters. The average Bonchev–Trinajstić information content (AvgIpc) is 2.64. The predicted octanol–water partition coefficient (Wildman–Crippen LogP) is 2.12. The van der Waals surface area contributed by atoms with Crippen LogP contribution >= 0.6 is 0 Å². The molecule has 0 bridgehead atoms. The van der Waals surface area contributed by atoms with Crippen LogP contribution in [-0.4, -0.2) is 24.9 Å². The molecule has 0 aromatic carbocycles. The lowest BCUT2D eigenvalue weighted by molar-refractivity contribution is 0.0660. The molecule has 0 aromatic heterocycles. The second-order valence-electron chi connectivity index (χ2n) is 4.00. The zero-order valence-electron chi connectivity index (χ0n) is 7.84. The number of epoxide rings is 1. The van der Waals surface area contributed by atoms with Gasteiger partial charge >= 0.3 is 0 Å². The molecule has 2 aliphatic rings. The summed E-state index contributed by atoms with van der Waals surface area (Å²) < 4.78 is 10.9. The van der Waals surface area contributed by atoms with E-state index in [4.69, 9.17) is 9.47 Å². The SMILES string of the molecule is CCCCCC[C@@]12COC[C@@H]1O2. The van der Waals surface area contributed by atoms with Crippen LogP contribution in [-0.2, 0) is 9.47 Å². The monoisotopic (exact) mass is 170 g/mol. The van der Waals surface area contributed by atoms with E-state index in [0.717, 1.165) is 13.2 Å². The Balaban J connectivity index is 1.61. The zero-order valence-corrected chi connectivity index (χ0v) is 7.84. The number of rotatable bonds is 5. The molecule has 0 saturated carbocycles. The molecule has 0 amide bonds. The van der Waals surface area contributed by atoms with Crippen LogP contribution in [0.1, 0.15) is 39.0 Å². The van der Waals surface area contributed by atoms with Gasteiger partial charge in [0.2, 0.25) is 0 Å². The Morgan fingerprint density at radius 3 is 2.83 bits per heavy atom. The van der Waals surface area contributed by atoms with Crippen LogP contribution in [0.2, 0.25) is 0 Å². The lowest BCUT2D eigenvalue weighted by Gasteiger charge is -2.06. The molecule has 2 aliphatic heterocycles. The smallest absolute Gasteiger partial charge is 0.120 e. The van der Waals surface area contributed by atoms with Crippen molar-refractivity contribution in [1.82, 2.24) is 0 Å². The maximum Gasteiger partial charge on any atom is 0.120 e. The summed E-state index contributed by atoms with van der Waals surface area (Å²) in [5, 5.41) is 0. The number of hydrogen-bond donors (Lipinski definition) is 0. The van der Waals surface area contributed by atoms with E-state index in [-0.39, 0.29) is 5.60 Å². The van der Waals surface area contributed by atoms with E-state index in [1.165, 1.54) is 32.1 Å². The predicted molar refractivity (Wildman–Crippen MR) is 47.2 cm³/mol. The Hall–Kier alpha value is -0.0800. The van der Waals surface area contributed by atoms with Crippen molar-refractivity contribution in [2.24, 2.45) is 0 Å². The van der Waals surface area contributed by atoms with E-state index in [0.29, 0.717) is 6.10 Å². The second kappa shape index (κ2) is 3.35. The summed E-state index contributed by atoms with van der Waals surface area (Å²) in [5.74, 6) is 0. The van der Waals surface area contributed by atoms with Crippen LogP contribution in [0.4, 0.5) is 0 Å². The van der Waals surface area contributed by atoms with Crippen molar-refractivity contribution in [2.45, 2.75) is 50.7 Å². The van der Waals surface area contributed by atoms with Gasteiger partial charge in [-0.25, -0.2) is 0 Å².